The minimum Gasteiger partial charge on any atom is -0.337 e. The van der Waals surface area contributed by atoms with Crippen molar-refractivity contribution >= 4 is 22.5 Å². The van der Waals surface area contributed by atoms with Crippen LogP contribution in [0.2, 0.25) is 0 Å². The summed E-state index contributed by atoms with van der Waals surface area (Å²) in [5, 5.41) is 13.3. The predicted octanol–water partition coefficient (Wildman–Crippen LogP) is 1.29. The first-order chi connectivity index (χ1) is 11.7. The van der Waals surface area contributed by atoms with Gasteiger partial charge in [-0.1, -0.05) is 25.5 Å². The molecule has 0 fully saturated rings. The number of H-pyrrole nitrogens is 1. The number of aromatic amines is 1. The molecule has 5 nitrogen and oxygen atoms in total. The van der Waals surface area contributed by atoms with Gasteiger partial charge >= 0.3 is 0 Å². The molecule has 0 aliphatic carbocycles. The van der Waals surface area contributed by atoms with Gasteiger partial charge in [0.05, 0.1) is 14.1 Å². The van der Waals surface area contributed by atoms with E-state index >= 15 is 0 Å². The summed E-state index contributed by atoms with van der Waals surface area (Å²) in [6.07, 6.45) is 1.93. The van der Waals surface area contributed by atoms with Gasteiger partial charge in [-0.05, 0) is 24.1 Å². The number of nitrogens with one attached hydrogen (secondary N) is 3. The number of nitriles is 1. The van der Waals surface area contributed by atoms with Crippen LogP contribution in [0.25, 0.3) is 16.7 Å². The average Bonchev–Trinajstić information content (AvgIpc) is 2.94. The van der Waals surface area contributed by atoms with Crippen molar-refractivity contribution in [2.45, 2.75) is 19.8 Å². The number of rotatable bonds is 6. The highest BCUT2D eigenvalue weighted by Crippen LogP contribution is 2.21. The van der Waals surface area contributed by atoms with Crippen molar-refractivity contribution in [2.75, 3.05) is 32.5 Å². The first-order valence-electron chi connectivity index (χ1n) is 8.57. The molecule has 3 aromatic rings. The van der Waals surface area contributed by atoms with Crippen LogP contribution in [0.5, 0.6) is 0 Å². The molecule has 0 bridgehead atoms. The van der Waals surface area contributed by atoms with Crippen LogP contribution in [0.4, 0.5) is 5.82 Å². The second kappa shape index (κ2) is 6.90. The molecule has 0 atom stereocenters. The summed E-state index contributed by atoms with van der Waals surface area (Å²) in [5.74, 6) is 1.05. The third-order valence-electron chi connectivity index (χ3n) is 4.29. The lowest BCUT2D eigenvalue weighted by Crippen LogP contribution is -3.06. The molecular formula is C19H25N5+2. The van der Waals surface area contributed by atoms with Crippen molar-refractivity contribution in [1.82, 2.24) is 4.98 Å². The summed E-state index contributed by atoms with van der Waals surface area (Å²) in [7, 11) is 4.30. The van der Waals surface area contributed by atoms with E-state index in [0.717, 1.165) is 59.6 Å². The van der Waals surface area contributed by atoms with Gasteiger partial charge in [-0.25, -0.2) is 0 Å². The van der Waals surface area contributed by atoms with Crippen molar-refractivity contribution in [3.05, 3.63) is 41.5 Å². The van der Waals surface area contributed by atoms with Crippen LogP contribution < -0.4 is 14.6 Å². The minimum atomic E-state index is 0.747. The van der Waals surface area contributed by atoms with Gasteiger partial charge in [0.2, 0.25) is 11.5 Å². The number of fused-ring (bicyclic) bond motifs is 3. The molecule has 0 saturated carbocycles. The highest BCUT2D eigenvalue weighted by Gasteiger charge is 2.21. The Morgan fingerprint density at radius 3 is 2.79 bits per heavy atom. The fraction of sp³-hybridized carbons (Fsp3) is 0.368. The number of hydrogen-bond donors (Lipinski definition) is 3. The van der Waals surface area contributed by atoms with Gasteiger partial charge in [0.15, 0.2) is 0 Å². The number of aromatic nitrogens is 2. The van der Waals surface area contributed by atoms with Crippen LogP contribution in [0.15, 0.2) is 30.3 Å². The van der Waals surface area contributed by atoms with E-state index in [-0.39, 0.29) is 0 Å². The molecule has 0 saturated heterocycles. The van der Waals surface area contributed by atoms with Gasteiger partial charge in [0.25, 0.3) is 0 Å². The highest BCUT2D eigenvalue weighted by molar-refractivity contribution is 5.77. The van der Waals surface area contributed by atoms with Crippen molar-refractivity contribution in [1.29, 1.82) is 5.26 Å². The van der Waals surface area contributed by atoms with Crippen LogP contribution in [0.1, 0.15) is 24.5 Å². The number of imidazole rings is 1. The number of anilines is 1. The molecule has 3 N–H and O–H groups in total. The zero-order valence-electron chi connectivity index (χ0n) is 14.6. The topological polar surface area (TPSA) is 60.1 Å². The number of para-hydroxylation sites is 2. The van der Waals surface area contributed by atoms with Crippen molar-refractivity contribution in [2.24, 2.45) is 0 Å². The van der Waals surface area contributed by atoms with Gasteiger partial charge in [0.1, 0.15) is 35.8 Å². The van der Waals surface area contributed by atoms with E-state index in [9.17, 15) is 5.26 Å². The minimum absolute atomic E-state index is 0.747. The maximum absolute atomic E-state index is 9.70. The average molecular weight is 323 g/mol. The molecule has 2 aromatic heterocycles. The van der Waals surface area contributed by atoms with Gasteiger partial charge in [0, 0.05) is 6.07 Å². The van der Waals surface area contributed by atoms with Crippen molar-refractivity contribution in [3.63, 3.8) is 0 Å². The molecule has 124 valence electrons. The molecule has 2 heterocycles. The fourth-order valence-corrected chi connectivity index (χ4v) is 3.12. The van der Waals surface area contributed by atoms with Gasteiger partial charge in [-0.2, -0.15) is 9.66 Å². The Bertz CT molecular complexity index is 901. The largest absolute Gasteiger partial charge is 0.337 e. The Morgan fingerprint density at radius 2 is 2.08 bits per heavy atom. The van der Waals surface area contributed by atoms with Crippen LogP contribution in [0.3, 0.4) is 0 Å². The van der Waals surface area contributed by atoms with Crippen LogP contribution in [-0.2, 0) is 6.42 Å². The second-order valence-electron chi connectivity index (χ2n) is 6.50. The van der Waals surface area contributed by atoms with E-state index in [1.54, 1.807) is 0 Å². The van der Waals surface area contributed by atoms with Crippen molar-refractivity contribution < 1.29 is 9.30 Å². The monoisotopic (exact) mass is 323 g/mol. The quantitative estimate of drug-likeness (QED) is 0.599. The van der Waals surface area contributed by atoms with Crippen LogP contribution in [0, 0.1) is 11.3 Å². The van der Waals surface area contributed by atoms with Gasteiger partial charge < -0.3 is 4.90 Å². The lowest BCUT2D eigenvalue weighted by Gasteiger charge is -2.10. The Kier molecular flexibility index (Phi) is 4.68. The van der Waals surface area contributed by atoms with E-state index in [0.29, 0.717) is 0 Å². The molecule has 0 amide bonds. The van der Waals surface area contributed by atoms with Gasteiger partial charge in [-0.3, -0.25) is 10.3 Å². The smallest absolute Gasteiger partial charge is 0.250 e. The van der Waals surface area contributed by atoms with E-state index in [2.05, 4.69) is 60.0 Å². The SMILES string of the molecule is CCCc1cc(NCC[NH+](C)C)[n+]2c([nH]c3ccccc32)c1C#N. The second-order valence-corrected chi connectivity index (χ2v) is 6.50. The Labute approximate surface area is 142 Å². The first kappa shape index (κ1) is 16.3. The number of benzene rings is 1. The summed E-state index contributed by atoms with van der Waals surface area (Å²) >= 11 is 0. The third-order valence-corrected chi connectivity index (χ3v) is 4.29. The number of aryl methyl sites for hydroxylation is 1. The first-order valence-corrected chi connectivity index (χ1v) is 8.57. The third kappa shape index (κ3) is 2.93. The summed E-state index contributed by atoms with van der Waals surface area (Å²) in [5.41, 5.74) is 4.86. The number of hydrogen-bond acceptors (Lipinski definition) is 2. The Balaban J connectivity index is 2.21. The van der Waals surface area contributed by atoms with Crippen LogP contribution in [-0.4, -0.2) is 32.2 Å². The molecule has 24 heavy (non-hydrogen) atoms. The number of likely N-dealkylation sites (N-methyl/N-ethyl adjacent to an activating group) is 1. The number of quaternary nitrogens is 1. The molecule has 0 radical (unpaired) electrons. The molecule has 3 rings (SSSR count). The molecule has 0 spiro atoms. The lowest BCUT2D eigenvalue weighted by atomic mass is 10.1. The fourth-order valence-electron chi connectivity index (χ4n) is 3.12. The normalized spacial score (nSPS) is 11.3. The maximum atomic E-state index is 9.70. The Hall–Kier alpha value is -2.58. The molecule has 0 unspecified atom stereocenters. The zero-order chi connectivity index (χ0) is 17.1. The summed E-state index contributed by atoms with van der Waals surface area (Å²) in [6.45, 7) is 4.07. The van der Waals surface area contributed by atoms with E-state index < -0.39 is 0 Å². The molecular weight excluding hydrogens is 298 g/mol. The summed E-state index contributed by atoms with van der Waals surface area (Å²) in [6, 6.07) is 12.7. The molecule has 0 aliphatic rings. The summed E-state index contributed by atoms with van der Waals surface area (Å²) < 4.78 is 2.14. The lowest BCUT2D eigenvalue weighted by molar-refractivity contribution is -0.856. The highest BCUT2D eigenvalue weighted by atomic mass is 15.1. The number of nitrogens with zero attached hydrogens (tertiary/aromatic N) is 2. The van der Waals surface area contributed by atoms with Crippen LogP contribution >= 0.6 is 0 Å². The van der Waals surface area contributed by atoms with E-state index in [1.807, 2.05) is 12.1 Å². The zero-order valence-corrected chi connectivity index (χ0v) is 14.6. The van der Waals surface area contributed by atoms with E-state index in [4.69, 9.17) is 0 Å². The van der Waals surface area contributed by atoms with Gasteiger partial charge in [-0.15, -0.1) is 0 Å². The summed E-state index contributed by atoms with van der Waals surface area (Å²) in [4.78, 5) is 4.84. The molecule has 5 heteroatoms. The molecule has 1 aromatic carbocycles. The van der Waals surface area contributed by atoms with E-state index in [1.165, 1.54) is 4.90 Å². The molecule has 0 aliphatic heterocycles. The predicted molar refractivity (Wildman–Crippen MR) is 96.3 cm³/mol. The maximum Gasteiger partial charge on any atom is 0.250 e. The van der Waals surface area contributed by atoms with Crippen molar-refractivity contribution in [3.8, 4) is 6.07 Å². The number of pyridine rings is 1. The Morgan fingerprint density at radius 1 is 1.29 bits per heavy atom. The standard InChI is InChI=1S/C19H23N5/c1-4-7-14-12-18(21-10-11-23(2)3)24-17-9-6-5-8-16(17)22-19(24)15(14)13-20/h5-6,8-9,12H,4,7,10-11H2,1-3H3,(H,21,22)/p+2.